The Kier molecular flexibility index (Phi) is 8.78. The summed E-state index contributed by atoms with van der Waals surface area (Å²) in [6, 6.07) is -1.97. The number of hydrogen-bond donors (Lipinski definition) is 6. The number of benzene rings is 1. The molecule has 16 heteroatoms. The first-order valence-corrected chi connectivity index (χ1v) is 11.3. The standard InChI is InChI=1S/C19H23ClN4O10S/c1-8-5-12(27)24(8)15(18(31)32)19(2,35(33)34)7-21-23-17(30)10(6-25)22-16(29)9-3-4-11(26)14(28)13(9)20/h3-4,7-8,10,15,25-26,28H,5-6H2,1-2H3,(H,22,29)(H,23,30)(H,31,32)(H,33,34)/p-1/b21-7+/t8-,10+,15+,19+/m1/s1. The number of hydrogen-bond acceptors (Lipinski definition) is 10. The number of carboxylic acid groups (broad SMARTS) is 1. The molecule has 1 fully saturated rings. The predicted octanol–water partition coefficient (Wildman–Crippen LogP) is -1.34. The Morgan fingerprint density at radius 2 is 2.03 bits per heavy atom. The van der Waals surface area contributed by atoms with Crippen molar-refractivity contribution in [2.75, 3.05) is 6.61 Å². The monoisotopic (exact) mass is 533 g/mol. The first kappa shape index (κ1) is 28.0. The van der Waals surface area contributed by atoms with Crippen LogP contribution in [0.25, 0.3) is 0 Å². The smallest absolute Gasteiger partial charge is 0.328 e. The number of rotatable bonds is 10. The molecule has 1 aliphatic heterocycles. The van der Waals surface area contributed by atoms with Crippen LogP contribution in [0, 0.1) is 0 Å². The number of aliphatic hydroxyl groups excluding tert-OH is 1. The van der Waals surface area contributed by atoms with Gasteiger partial charge < -0.3 is 35.2 Å². The van der Waals surface area contributed by atoms with E-state index in [0.717, 1.165) is 24.0 Å². The molecule has 14 nitrogen and oxygen atoms in total. The number of carbonyl (C=O) groups is 4. The van der Waals surface area contributed by atoms with Crippen LogP contribution >= 0.6 is 11.6 Å². The molecule has 1 aromatic rings. The second kappa shape index (κ2) is 11.0. The maximum atomic E-state index is 12.4. The van der Waals surface area contributed by atoms with Crippen LogP contribution in [-0.4, -0.2) is 93.5 Å². The minimum atomic E-state index is -3.11. The SMILES string of the molecule is C[C@@H]1CC(=O)N1[C@@H](C(=O)O)[C@](C)(/C=N/NC(=O)[C@H](CO)NC(=O)c1ccc(O)c(O)c1Cl)S(=O)[O-]. The zero-order chi connectivity index (χ0) is 26.7. The van der Waals surface area contributed by atoms with E-state index in [4.69, 9.17) is 11.6 Å². The van der Waals surface area contributed by atoms with E-state index < -0.39 is 80.8 Å². The fraction of sp³-hybridized carbons (Fsp3) is 0.421. The van der Waals surface area contributed by atoms with Crippen molar-refractivity contribution < 1.29 is 48.4 Å². The molecule has 0 aliphatic carbocycles. The fourth-order valence-corrected chi connectivity index (χ4v) is 4.08. The molecule has 1 aliphatic rings. The lowest BCUT2D eigenvalue weighted by Crippen LogP contribution is -2.67. The van der Waals surface area contributed by atoms with Gasteiger partial charge in [0.15, 0.2) is 17.5 Å². The molecular weight excluding hydrogens is 512 g/mol. The van der Waals surface area contributed by atoms with Gasteiger partial charge in [0.05, 0.1) is 21.9 Å². The van der Waals surface area contributed by atoms with Crippen LogP contribution in [0.4, 0.5) is 0 Å². The van der Waals surface area contributed by atoms with Gasteiger partial charge in [-0.1, -0.05) is 11.6 Å². The fourth-order valence-electron chi connectivity index (χ4n) is 3.30. The summed E-state index contributed by atoms with van der Waals surface area (Å²) in [7, 11) is 0. The summed E-state index contributed by atoms with van der Waals surface area (Å²) < 4.78 is 21.6. The number of amides is 3. The van der Waals surface area contributed by atoms with Crippen molar-refractivity contribution >= 4 is 52.6 Å². The second-order valence-corrected chi connectivity index (χ2v) is 9.48. The zero-order valence-corrected chi connectivity index (χ0v) is 19.9. The summed E-state index contributed by atoms with van der Waals surface area (Å²) in [5, 5.41) is 43.1. The average molecular weight is 534 g/mol. The lowest BCUT2D eigenvalue weighted by Gasteiger charge is -2.48. The highest BCUT2D eigenvalue weighted by atomic mass is 35.5. The van der Waals surface area contributed by atoms with Crippen LogP contribution in [0.1, 0.15) is 30.6 Å². The Balaban J connectivity index is 2.18. The van der Waals surface area contributed by atoms with Gasteiger partial charge in [0.1, 0.15) is 6.04 Å². The Bertz CT molecular complexity index is 1100. The minimum absolute atomic E-state index is 0.0416. The number of nitrogens with zero attached hydrogens (tertiary/aromatic N) is 2. The highest BCUT2D eigenvalue weighted by Crippen LogP contribution is 2.35. The van der Waals surface area contributed by atoms with Crippen molar-refractivity contribution in [1.29, 1.82) is 0 Å². The molecule has 6 N–H and O–H groups in total. The van der Waals surface area contributed by atoms with Crippen molar-refractivity contribution in [2.24, 2.45) is 5.10 Å². The van der Waals surface area contributed by atoms with Crippen LogP contribution in [0.15, 0.2) is 17.2 Å². The van der Waals surface area contributed by atoms with E-state index in [1.165, 1.54) is 0 Å². The largest absolute Gasteiger partial charge is 0.772 e. The molecular formula is C19H22ClN4O10S-. The Hall–Kier alpha value is -3.27. The van der Waals surface area contributed by atoms with Crippen LogP contribution in [0.3, 0.4) is 0 Å². The van der Waals surface area contributed by atoms with Crippen LogP contribution in [0.5, 0.6) is 11.5 Å². The number of nitrogens with one attached hydrogen (secondary N) is 2. The van der Waals surface area contributed by atoms with Gasteiger partial charge in [-0.25, -0.2) is 10.2 Å². The molecule has 1 unspecified atom stereocenters. The number of halogens is 1. The third-order valence-corrected chi connectivity index (χ3v) is 6.72. The molecule has 0 bridgehead atoms. The highest BCUT2D eigenvalue weighted by molar-refractivity contribution is 7.81. The third-order valence-electron chi connectivity index (χ3n) is 5.29. The molecule has 1 saturated heterocycles. The van der Waals surface area contributed by atoms with E-state index in [0.29, 0.717) is 6.21 Å². The summed E-state index contributed by atoms with van der Waals surface area (Å²) in [6.07, 6.45) is 0.663. The number of likely N-dealkylation sites (tertiary alicyclic amines) is 1. The maximum Gasteiger partial charge on any atom is 0.328 e. The second-order valence-electron chi connectivity index (χ2n) is 7.75. The van der Waals surface area contributed by atoms with E-state index in [2.05, 4.69) is 10.4 Å². The molecule has 0 spiro atoms. The number of aliphatic carboxylic acids is 1. The predicted molar refractivity (Wildman–Crippen MR) is 119 cm³/mol. The van der Waals surface area contributed by atoms with E-state index in [1.54, 1.807) is 6.92 Å². The number of carboxylic acids is 1. The van der Waals surface area contributed by atoms with E-state index >= 15 is 0 Å². The number of aromatic hydroxyl groups is 2. The molecule has 3 amide bonds. The first-order valence-electron chi connectivity index (χ1n) is 9.85. The van der Waals surface area contributed by atoms with Gasteiger partial charge in [-0.05, 0) is 37.1 Å². The molecule has 5 atom stereocenters. The minimum Gasteiger partial charge on any atom is -0.772 e. The summed E-state index contributed by atoms with van der Waals surface area (Å²) in [5.74, 6) is -5.67. The van der Waals surface area contributed by atoms with Gasteiger partial charge in [-0.3, -0.25) is 18.6 Å². The normalized spacial score (nSPS) is 19.9. The molecule has 0 aromatic heterocycles. The maximum absolute atomic E-state index is 12.4. The summed E-state index contributed by atoms with van der Waals surface area (Å²) in [5.41, 5.74) is 1.56. The number of phenolic OH excluding ortho intramolecular Hbond substituents is 2. The lowest BCUT2D eigenvalue weighted by atomic mass is 9.92. The van der Waals surface area contributed by atoms with Crippen molar-refractivity contribution in [3.63, 3.8) is 0 Å². The molecule has 1 aromatic carbocycles. The van der Waals surface area contributed by atoms with Crippen molar-refractivity contribution in [1.82, 2.24) is 15.6 Å². The summed E-state index contributed by atoms with van der Waals surface area (Å²) in [4.78, 5) is 49.3. The van der Waals surface area contributed by atoms with Gasteiger partial charge in [-0.2, -0.15) is 5.10 Å². The molecule has 192 valence electrons. The topological polar surface area (TPSA) is 229 Å². The summed E-state index contributed by atoms with van der Waals surface area (Å²) >= 11 is 2.68. The van der Waals surface area contributed by atoms with Crippen molar-refractivity contribution in [3.8, 4) is 11.5 Å². The van der Waals surface area contributed by atoms with E-state index in [-0.39, 0.29) is 12.0 Å². The van der Waals surface area contributed by atoms with Crippen molar-refractivity contribution in [3.05, 3.63) is 22.7 Å². The van der Waals surface area contributed by atoms with E-state index in [1.807, 2.05) is 5.43 Å². The quantitative estimate of drug-likeness (QED) is 0.0680. The van der Waals surface area contributed by atoms with Gasteiger partial charge in [0, 0.05) is 18.7 Å². The molecule has 2 rings (SSSR count). The van der Waals surface area contributed by atoms with E-state index in [9.17, 15) is 48.4 Å². The zero-order valence-electron chi connectivity index (χ0n) is 18.3. The first-order chi connectivity index (χ1) is 16.3. The molecule has 0 radical (unpaired) electrons. The number of β-lactam (4-membered cyclic amide) rings is 1. The Morgan fingerprint density at radius 1 is 1.40 bits per heavy atom. The highest BCUT2D eigenvalue weighted by Gasteiger charge is 2.51. The van der Waals surface area contributed by atoms with Crippen molar-refractivity contribution in [2.45, 2.75) is 43.1 Å². The average Bonchev–Trinajstić information content (AvgIpc) is 2.78. The number of phenols is 2. The number of hydrazone groups is 1. The van der Waals surface area contributed by atoms with Gasteiger partial charge >= 0.3 is 5.97 Å². The Labute approximate surface area is 205 Å². The van der Waals surface area contributed by atoms with Crippen LogP contribution in [-0.2, 0) is 25.5 Å². The number of aliphatic hydroxyl groups is 1. The molecule has 0 saturated carbocycles. The molecule has 1 heterocycles. The number of carbonyl (C=O) groups excluding carboxylic acids is 3. The summed E-state index contributed by atoms with van der Waals surface area (Å²) in [6.45, 7) is 1.60. The van der Waals surface area contributed by atoms with Gasteiger partial charge in [-0.15, -0.1) is 0 Å². The third kappa shape index (κ3) is 5.70. The van der Waals surface area contributed by atoms with Gasteiger partial charge in [0.25, 0.3) is 11.8 Å². The van der Waals surface area contributed by atoms with Gasteiger partial charge in [0.2, 0.25) is 5.91 Å². The Morgan fingerprint density at radius 3 is 2.51 bits per heavy atom. The van der Waals surface area contributed by atoms with Crippen LogP contribution in [0.2, 0.25) is 5.02 Å². The lowest BCUT2D eigenvalue weighted by molar-refractivity contribution is -0.161. The van der Waals surface area contributed by atoms with Crippen LogP contribution < -0.4 is 10.7 Å². The molecule has 35 heavy (non-hydrogen) atoms.